The van der Waals surface area contributed by atoms with Crippen LogP contribution >= 0.6 is 34.8 Å². The van der Waals surface area contributed by atoms with Gasteiger partial charge in [-0.2, -0.15) is 5.10 Å². The van der Waals surface area contributed by atoms with Crippen molar-refractivity contribution in [2.24, 2.45) is 5.10 Å². The second kappa shape index (κ2) is 12.2. The zero-order valence-electron chi connectivity index (χ0n) is 18.2. The molecule has 0 heterocycles. The topological polar surface area (TPSA) is 106 Å². The van der Waals surface area contributed by atoms with Crippen molar-refractivity contribution in [1.29, 1.82) is 0 Å². The summed E-state index contributed by atoms with van der Waals surface area (Å²) in [7, 11) is 1.41. The highest BCUT2D eigenvalue weighted by Gasteiger charge is 2.14. The van der Waals surface area contributed by atoms with E-state index < -0.39 is 17.8 Å². The number of hydrazone groups is 1. The standard InChI is InChI=1S/C24H18Cl3N3O5/c1-34-21-10-14(2-9-20(21)35-24(33)16-5-8-18(26)19(27)11-16)12-29-30-22(31)13-28-23(32)15-3-6-17(25)7-4-15/h2-12H,13H2,1H3,(H,28,32)(H,30,31)/b29-12-. The minimum absolute atomic E-state index is 0.176. The van der Waals surface area contributed by atoms with E-state index in [0.717, 1.165) is 0 Å². The van der Waals surface area contributed by atoms with Crippen LogP contribution in [-0.4, -0.2) is 37.7 Å². The number of hydrogen-bond donors (Lipinski definition) is 2. The summed E-state index contributed by atoms with van der Waals surface area (Å²) in [5.74, 6) is -1.14. The lowest BCUT2D eigenvalue weighted by Crippen LogP contribution is -2.34. The average Bonchev–Trinajstić information content (AvgIpc) is 2.85. The van der Waals surface area contributed by atoms with Crippen LogP contribution in [0.4, 0.5) is 0 Å². The largest absolute Gasteiger partial charge is 0.493 e. The third kappa shape index (κ3) is 7.45. The molecular weight excluding hydrogens is 517 g/mol. The van der Waals surface area contributed by atoms with E-state index in [-0.39, 0.29) is 28.6 Å². The van der Waals surface area contributed by atoms with Crippen LogP contribution in [0.1, 0.15) is 26.3 Å². The Labute approximate surface area is 215 Å². The molecule has 3 rings (SSSR count). The maximum Gasteiger partial charge on any atom is 0.343 e. The number of nitrogens with one attached hydrogen (secondary N) is 2. The normalized spacial score (nSPS) is 10.6. The first-order chi connectivity index (χ1) is 16.8. The van der Waals surface area contributed by atoms with Gasteiger partial charge in [0.15, 0.2) is 11.5 Å². The van der Waals surface area contributed by atoms with Crippen LogP contribution in [0.25, 0.3) is 0 Å². The molecule has 11 heteroatoms. The summed E-state index contributed by atoms with van der Waals surface area (Å²) in [4.78, 5) is 36.4. The van der Waals surface area contributed by atoms with Gasteiger partial charge in [-0.1, -0.05) is 34.8 Å². The fourth-order valence-electron chi connectivity index (χ4n) is 2.71. The number of hydrogen-bond acceptors (Lipinski definition) is 6. The van der Waals surface area contributed by atoms with Gasteiger partial charge in [0.25, 0.3) is 11.8 Å². The molecule has 35 heavy (non-hydrogen) atoms. The van der Waals surface area contributed by atoms with Gasteiger partial charge in [-0.25, -0.2) is 10.2 Å². The number of ether oxygens (including phenoxy) is 2. The highest BCUT2D eigenvalue weighted by atomic mass is 35.5. The molecule has 0 fully saturated rings. The van der Waals surface area contributed by atoms with Crippen LogP contribution in [0.3, 0.4) is 0 Å². The molecule has 2 N–H and O–H groups in total. The van der Waals surface area contributed by atoms with Crippen molar-refractivity contribution in [2.75, 3.05) is 13.7 Å². The van der Waals surface area contributed by atoms with Crippen molar-refractivity contribution in [2.45, 2.75) is 0 Å². The summed E-state index contributed by atoms with van der Waals surface area (Å²) in [6.07, 6.45) is 1.37. The van der Waals surface area contributed by atoms with E-state index in [0.29, 0.717) is 21.2 Å². The lowest BCUT2D eigenvalue weighted by atomic mass is 10.2. The zero-order valence-corrected chi connectivity index (χ0v) is 20.4. The van der Waals surface area contributed by atoms with Crippen LogP contribution in [-0.2, 0) is 4.79 Å². The Bertz CT molecular complexity index is 1280. The number of carbonyl (C=O) groups is 3. The number of esters is 1. The van der Waals surface area contributed by atoms with Gasteiger partial charge in [0.1, 0.15) is 0 Å². The van der Waals surface area contributed by atoms with Gasteiger partial charge >= 0.3 is 5.97 Å². The van der Waals surface area contributed by atoms with E-state index in [1.165, 1.54) is 37.6 Å². The summed E-state index contributed by atoms with van der Waals surface area (Å²) < 4.78 is 10.7. The van der Waals surface area contributed by atoms with Crippen LogP contribution < -0.4 is 20.2 Å². The van der Waals surface area contributed by atoms with Crippen LogP contribution in [0.15, 0.2) is 65.8 Å². The van der Waals surface area contributed by atoms with E-state index in [4.69, 9.17) is 44.3 Å². The van der Waals surface area contributed by atoms with Crippen molar-refractivity contribution < 1.29 is 23.9 Å². The Morgan fingerprint density at radius 2 is 1.60 bits per heavy atom. The molecule has 2 amide bonds. The lowest BCUT2D eigenvalue weighted by Gasteiger charge is -2.10. The van der Waals surface area contributed by atoms with Crippen molar-refractivity contribution in [1.82, 2.24) is 10.7 Å². The monoisotopic (exact) mass is 533 g/mol. The Kier molecular flexibility index (Phi) is 9.08. The third-order valence-corrected chi connectivity index (χ3v) is 5.46. The number of amides is 2. The van der Waals surface area contributed by atoms with Crippen LogP contribution in [0, 0.1) is 0 Å². The number of carbonyl (C=O) groups excluding carboxylic acids is 3. The van der Waals surface area contributed by atoms with E-state index in [2.05, 4.69) is 15.8 Å². The molecule has 8 nitrogen and oxygen atoms in total. The van der Waals surface area contributed by atoms with Crippen molar-refractivity contribution >= 4 is 58.8 Å². The zero-order chi connectivity index (χ0) is 25.4. The minimum Gasteiger partial charge on any atom is -0.493 e. The summed E-state index contributed by atoms with van der Waals surface area (Å²) in [5.41, 5.74) is 3.46. The summed E-state index contributed by atoms with van der Waals surface area (Å²) in [5, 5.41) is 7.38. The molecule has 0 aliphatic carbocycles. The number of nitrogens with zero attached hydrogens (tertiary/aromatic N) is 1. The molecule has 0 unspecified atom stereocenters. The van der Waals surface area contributed by atoms with Crippen LogP contribution in [0.2, 0.25) is 15.1 Å². The summed E-state index contributed by atoms with van der Waals surface area (Å²) >= 11 is 17.6. The molecular formula is C24H18Cl3N3O5. The molecule has 0 aliphatic rings. The fraction of sp³-hybridized carbons (Fsp3) is 0.0833. The summed E-state index contributed by atoms with van der Waals surface area (Å²) in [6.45, 7) is -0.272. The number of halogens is 3. The van der Waals surface area contributed by atoms with Crippen molar-refractivity contribution in [3.63, 3.8) is 0 Å². The van der Waals surface area contributed by atoms with Gasteiger partial charge in [0, 0.05) is 10.6 Å². The van der Waals surface area contributed by atoms with Crippen LogP contribution in [0.5, 0.6) is 11.5 Å². The van der Waals surface area contributed by atoms with E-state index in [1.807, 2.05) is 0 Å². The first-order valence-electron chi connectivity index (χ1n) is 9.97. The number of methoxy groups -OCH3 is 1. The second-order valence-electron chi connectivity index (χ2n) is 6.91. The Balaban J connectivity index is 1.55. The molecule has 0 atom stereocenters. The smallest absolute Gasteiger partial charge is 0.343 e. The molecule has 0 spiro atoms. The van der Waals surface area contributed by atoms with Gasteiger partial charge < -0.3 is 14.8 Å². The molecule has 180 valence electrons. The fourth-order valence-corrected chi connectivity index (χ4v) is 3.14. The lowest BCUT2D eigenvalue weighted by molar-refractivity contribution is -0.120. The molecule has 3 aromatic rings. The molecule has 0 saturated heterocycles. The van der Waals surface area contributed by atoms with E-state index in [9.17, 15) is 14.4 Å². The first kappa shape index (κ1) is 26.0. The highest BCUT2D eigenvalue weighted by Crippen LogP contribution is 2.29. The van der Waals surface area contributed by atoms with E-state index >= 15 is 0 Å². The Hall–Kier alpha value is -3.59. The number of rotatable bonds is 8. The van der Waals surface area contributed by atoms with Gasteiger partial charge in [-0.05, 0) is 66.2 Å². The molecule has 0 bridgehead atoms. The molecule has 0 aromatic heterocycles. The number of benzene rings is 3. The Morgan fingerprint density at radius 3 is 2.29 bits per heavy atom. The SMILES string of the molecule is COc1cc(/C=N\NC(=O)CNC(=O)c2ccc(Cl)cc2)ccc1OC(=O)c1ccc(Cl)c(Cl)c1. The second-order valence-corrected chi connectivity index (χ2v) is 8.16. The predicted molar refractivity (Wildman–Crippen MR) is 134 cm³/mol. The van der Waals surface area contributed by atoms with Crippen molar-refractivity contribution in [3.8, 4) is 11.5 Å². The van der Waals surface area contributed by atoms with Crippen molar-refractivity contribution in [3.05, 3.63) is 92.4 Å². The Morgan fingerprint density at radius 1 is 0.886 bits per heavy atom. The molecule has 3 aromatic carbocycles. The van der Waals surface area contributed by atoms with E-state index in [1.54, 1.807) is 36.4 Å². The molecule has 0 aliphatic heterocycles. The molecule has 0 saturated carbocycles. The first-order valence-corrected chi connectivity index (χ1v) is 11.1. The highest BCUT2D eigenvalue weighted by molar-refractivity contribution is 6.42. The minimum atomic E-state index is -0.642. The third-order valence-electron chi connectivity index (χ3n) is 4.46. The molecule has 0 radical (unpaired) electrons. The van der Waals surface area contributed by atoms with Gasteiger partial charge in [-0.15, -0.1) is 0 Å². The van der Waals surface area contributed by atoms with Gasteiger partial charge in [0.05, 0.1) is 35.5 Å². The van der Waals surface area contributed by atoms with Gasteiger partial charge in [0.2, 0.25) is 0 Å². The average molecular weight is 535 g/mol. The maximum atomic E-state index is 12.4. The maximum absolute atomic E-state index is 12.4. The summed E-state index contributed by atoms with van der Waals surface area (Å²) in [6, 6.07) is 15.3. The van der Waals surface area contributed by atoms with Gasteiger partial charge in [-0.3, -0.25) is 9.59 Å². The quantitative estimate of drug-likeness (QED) is 0.188. The predicted octanol–water partition coefficient (Wildman–Crippen LogP) is 4.75.